The molecular weight excluding hydrogens is 285 g/mol. The standard InChI is InChI=1S/C16H14NO3P/c18-21(17-13-7-8-14-17,19-15-9-3-1-4-10-15)20-16-11-5-2-6-12-16/h1-14H. The van der Waals surface area contributed by atoms with Crippen LogP contribution in [0.2, 0.25) is 0 Å². The molecule has 2 aromatic carbocycles. The average molecular weight is 299 g/mol. The number of benzene rings is 2. The Morgan fingerprint density at radius 3 is 1.52 bits per heavy atom. The number of nitrogens with zero attached hydrogens (tertiary/aromatic N) is 1. The van der Waals surface area contributed by atoms with Gasteiger partial charge in [0.25, 0.3) is 0 Å². The van der Waals surface area contributed by atoms with Gasteiger partial charge in [0.15, 0.2) is 0 Å². The van der Waals surface area contributed by atoms with Crippen molar-refractivity contribution in [3.8, 4) is 11.5 Å². The van der Waals surface area contributed by atoms with E-state index in [0.717, 1.165) is 0 Å². The molecule has 21 heavy (non-hydrogen) atoms. The molecule has 0 amide bonds. The highest BCUT2D eigenvalue weighted by molar-refractivity contribution is 7.53. The first-order valence-electron chi connectivity index (χ1n) is 6.49. The molecular formula is C16H14NO3P. The number of aromatic nitrogens is 1. The van der Waals surface area contributed by atoms with Crippen molar-refractivity contribution < 1.29 is 13.6 Å². The highest BCUT2D eigenvalue weighted by Gasteiger charge is 2.30. The Labute approximate surface area is 123 Å². The minimum absolute atomic E-state index is 0.491. The zero-order chi connectivity index (χ0) is 14.5. The van der Waals surface area contributed by atoms with Gasteiger partial charge in [-0.25, -0.2) is 8.90 Å². The predicted molar refractivity (Wildman–Crippen MR) is 81.6 cm³/mol. The van der Waals surface area contributed by atoms with Gasteiger partial charge < -0.3 is 9.05 Å². The van der Waals surface area contributed by atoms with Crippen LogP contribution in [0.1, 0.15) is 0 Å². The maximum atomic E-state index is 13.1. The van der Waals surface area contributed by atoms with Gasteiger partial charge in [-0.1, -0.05) is 36.4 Å². The van der Waals surface area contributed by atoms with E-state index in [2.05, 4.69) is 0 Å². The Morgan fingerprint density at radius 2 is 1.10 bits per heavy atom. The van der Waals surface area contributed by atoms with Gasteiger partial charge >= 0.3 is 7.75 Å². The first kappa shape index (κ1) is 13.5. The third kappa shape index (κ3) is 3.18. The third-order valence-electron chi connectivity index (χ3n) is 2.80. The Hall–Kier alpha value is -2.45. The third-order valence-corrected chi connectivity index (χ3v) is 4.51. The fourth-order valence-corrected chi connectivity index (χ4v) is 3.31. The Balaban J connectivity index is 1.94. The van der Waals surface area contributed by atoms with Crippen LogP contribution in [0.4, 0.5) is 0 Å². The molecule has 0 radical (unpaired) electrons. The molecule has 106 valence electrons. The number of para-hydroxylation sites is 2. The summed E-state index contributed by atoms with van der Waals surface area (Å²) in [7, 11) is -3.55. The molecule has 3 rings (SSSR count). The lowest BCUT2D eigenvalue weighted by Gasteiger charge is -2.20. The van der Waals surface area contributed by atoms with Gasteiger partial charge in [0.1, 0.15) is 11.5 Å². The molecule has 0 bridgehead atoms. The largest absolute Gasteiger partial charge is 0.547 e. The Morgan fingerprint density at radius 1 is 0.667 bits per heavy atom. The summed E-state index contributed by atoms with van der Waals surface area (Å²) >= 11 is 0. The normalized spacial score (nSPS) is 11.0. The van der Waals surface area contributed by atoms with E-state index in [1.165, 1.54) is 4.34 Å². The van der Waals surface area contributed by atoms with E-state index in [9.17, 15) is 4.57 Å². The Kier molecular flexibility index (Phi) is 3.80. The van der Waals surface area contributed by atoms with Crippen molar-refractivity contribution in [1.29, 1.82) is 0 Å². The lowest BCUT2D eigenvalue weighted by molar-refractivity contribution is 0.375. The molecule has 5 heteroatoms. The first-order valence-corrected chi connectivity index (χ1v) is 7.99. The number of rotatable bonds is 5. The van der Waals surface area contributed by atoms with E-state index in [1.807, 2.05) is 36.4 Å². The van der Waals surface area contributed by atoms with Crippen LogP contribution in [-0.2, 0) is 4.57 Å². The van der Waals surface area contributed by atoms with Gasteiger partial charge in [-0.3, -0.25) is 0 Å². The number of hydrogen-bond acceptors (Lipinski definition) is 3. The van der Waals surface area contributed by atoms with Gasteiger partial charge in [-0.05, 0) is 36.4 Å². The predicted octanol–water partition coefficient (Wildman–Crippen LogP) is 4.60. The maximum absolute atomic E-state index is 13.1. The fourth-order valence-electron chi connectivity index (χ4n) is 1.83. The van der Waals surface area contributed by atoms with Crippen molar-refractivity contribution in [2.75, 3.05) is 0 Å². The summed E-state index contributed by atoms with van der Waals surface area (Å²) < 4.78 is 25.9. The molecule has 0 N–H and O–H groups in total. The molecule has 3 aromatic rings. The molecule has 0 aliphatic rings. The van der Waals surface area contributed by atoms with E-state index in [0.29, 0.717) is 11.5 Å². The van der Waals surface area contributed by atoms with Gasteiger partial charge in [0.2, 0.25) is 0 Å². The second-order valence-corrected chi connectivity index (χ2v) is 6.10. The quantitative estimate of drug-likeness (QED) is 0.646. The minimum atomic E-state index is -3.55. The summed E-state index contributed by atoms with van der Waals surface area (Å²) in [5, 5.41) is 0. The van der Waals surface area contributed by atoms with Crippen LogP contribution >= 0.6 is 7.75 Å². The summed E-state index contributed by atoms with van der Waals surface area (Å²) in [5.41, 5.74) is 0. The molecule has 1 aromatic heterocycles. The van der Waals surface area contributed by atoms with Crippen molar-refractivity contribution in [2.24, 2.45) is 0 Å². The van der Waals surface area contributed by atoms with Crippen LogP contribution in [-0.4, -0.2) is 4.34 Å². The zero-order valence-corrected chi connectivity index (χ0v) is 12.1. The van der Waals surface area contributed by atoms with Gasteiger partial charge in [0, 0.05) is 12.4 Å². The topological polar surface area (TPSA) is 40.5 Å². The fraction of sp³-hybridized carbons (Fsp3) is 0. The van der Waals surface area contributed by atoms with Crippen LogP contribution in [0.15, 0.2) is 85.2 Å². The Bertz CT molecular complexity index is 681. The summed E-state index contributed by atoms with van der Waals surface area (Å²) in [6, 6.07) is 21.5. The molecule has 0 spiro atoms. The van der Waals surface area contributed by atoms with Crippen molar-refractivity contribution >= 4 is 7.75 Å². The molecule has 0 unspecified atom stereocenters. The highest BCUT2D eigenvalue weighted by atomic mass is 31.2. The summed E-state index contributed by atoms with van der Waals surface area (Å²) in [6.07, 6.45) is 3.32. The number of hydrogen-bond donors (Lipinski definition) is 0. The summed E-state index contributed by atoms with van der Waals surface area (Å²) in [5.74, 6) is 0.982. The molecule has 1 heterocycles. The lowest BCUT2D eigenvalue weighted by atomic mass is 10.3. The minimum Gasteiger partial charge on any atom is -0.400 e. The second kappa shape index (κ2) is 5.90. The van der Waals surface area contributed by atoms with Crippen molar-refractivity contribution in [3.63, 3.8) is 0 Å². The molecule has 0 fully saturated rings. The van der Waals surface area contributed by atoms with E-state index < -0.39 is 7.75 Å². The second-order valence-electron chi connectivity index (χ2n) is 4.34. The van der Waals surface area contributed by atoms with Crippen LogP contribution in [0, 0.1) is 0 Å². The van der Waals surface area contributed by atoms with Crippen LogP contribution in [0.3, 0.4) is 0 Å². The van der Waals surface area contributed by atoms with E-state index >= 15 is 0 Å². The molecule has 0 aliphatic carbocycles. The van der Waals surface area contributed by atoms with Crippen LogP contribution in [0.25, 0.3) is 0 Å². The van der Waals surface area contributed by atoms with Crippen LogP contribution in [0.5, 0.6) is 11.5 Å². The van der Waals surface area contributed by atoms with E-state index in [1.54, 1.807) is 48.8 Å². The molecule has 0 saturated heterocycles. The molecule has 0 atom stereocenters. The molecule has 0 saturated carbocycles. The maximum Gasteiger partial charge on any atom is 0.547 e. The molecule has 4 nitrogen and oxygen atoms in total. The zero-order valence-electron chi connectivity index (χ0n) is 11.2. The smallest absolute Gasteiger partial charge is 0.400 e. The van der Waals surface area contributed by atoms with Crippen molar-refractivity contribution in [3.05, 3.63) is 85.2 Å². The first-order chi connectivity index (χ1) is 10.3. The van der Waals surface area contributed by atoms with Crippen molar-refractivity contribution in [1.82, 2.24) is 4.34 Å². The average Bonchev–Trinajstić information content (AvgIpc) is 3.04. The van der Waals surface area contributed by atoms with Crippen molar-refractivity contribution in [2.45, 2.75) is 0 Å². The highest BCUT2D eigenvalue weighted by Crippen LogP contribution is 2.49. The monoisotopic (exact) mass is 299 g/mol. The van der Waals surface area contributed by atoms with Gasteiger partial charge in [0.05, 0.1) is 0 Å². The summed E-state index contributed by atoms with van der Waals surface area (Å²) in [6.45, 7) is 0. The summed E-state index contributed by atoms with van der Waals surface area (Å²) in [4.78, 5) is 0. The van der Waals surface area contributed by atoms with E-state index in [4.69, 9.17) is 9.05 Å². The van der Waals surface area contributed by atoms with Gasteiger partial charge in [-0.2, -0.15) is 0 Å². The lowest BCUT2D eigenvalue weighted by Crippen LogP contribution is -2.08. The SMILES string of the molecule is O=P(Oc1ccccc1)(Oc1ccccc1)n1cccc1. The van der Waals surface area contributed by atoms with E-state index in [-0.39, 0.29) is 0 Å². The van der Waals surface area contributed by atoms with Gasteiger partial charge in [-0.15, -0.1) is 0 Å². The van der Waals surface area contributed by atoms with Crippen LogP contribution < -0.4 is 9.05 Å². The molecule has 0 aliphatic heterocycles.